The third-order valence-electron chi connectivity index (χ3n) is 9.15. The number of ether oxygens (including phenoxy) is 3. The smallest absolute Gasteiger partial charge is 0.220 e. The fourth-order valence-electron chi connectivity index (χ4n) is 6.52. The summed E-state index contributed by atoms with van der Waals surface area (Å²) in [7, 11) is 1.60. The first-order valence-electron chi connectivity index (χ1n) is 15.1. The van der Waals surface area contributed by atoms with Crippen LogP contribution in [0.3, 0.4) is 0 Å². The molecule has 1 aliphatic heterocycles. The summed E-state index contributed by atoms with van der Waals surface area (Å²) < 4.78 is 16.5. The van der Waals surface area contributed by atoms with E-state index in [0.717, 1.165) is 37.0 Å². The number of aliphatic hydroxyl groups is 1. The molecule has 1 unspecified atom stereocenters. The highest BCUT2D eigenvalue weighted by atomic mass is 16.6. The number of carbonyl (C=O) groups excluding carboxylic acids is 2. The van der Waals surface area contributed by atoms with Gasteiger partial charge in [-0.2, -0.15) is 0 Å². The molecule has 3 N–H and O–H groups in total. The number of hydrogen-bond acceptors (Lipinski definition) is 7. The van der Waals surface area contributed by atoms with Gasteiger partial charge in [-0.15, -0.1) is 0 Å². The van der Waals surface area contributed by atoms with Gasteiger partial charge in [-0.25, -0.2) is 0 Å². The predicted octanol–water partition coefficient (Wildman–Crippen LogP) is 4.84. The summed E-state index contributed by atoms with van der Waals surface area (Å²) in [5.74, 6) is 3.72. The predicted molar refractivity (Wildman–Crippen MR) is 157 cm³/mol. The van der Waals surface area contributed by atoms with E-state index in [2.05, 4.69) is 17.6 Å². The Kier molecular flexibility index (Phi) is 9.50. The Bertz CT molecular complexity index is 1200. The van der Waals surface area contributed by atoms with Crippen molar-refractivity contribution in [2.75, 3.05) is 33.4 Å². The van der Waals surface area contributed by atoms with E-state index >= 15 is 0 Å². The molecule has 0 spiro atoms. The van der Waals surface area contributed by atoms with Crippen LogP contribution in [0.1, 0.15) is 80.3 Å². The lowest BCUT2D eigenvalue weighted by Gasteiger charge is -2.30. The number of amides is 1. The fraction of sp³-hybridized carbons (Fsp3) is 0.576. The largest absolute Gasteiger partial charge is 0.497 e. The Morgan fingerprint density at radius 3 is 2.51 bits per heavy atom. The van der Waals surface area contributed by atoms with Gasteiger partial charge in [-0.05, 0) is 91.3 Å². The number of carbonyl (C=O) groups is 2. The maximum Gasteiger partial charge on any atom is 0.220 e. The number of rotatable bonds is 15. The van der Waals surface area contributed by atoms with Gasteiger partial charge in [0.05, 0.1) is 13.2 Å². The third-order valence-corrected chi connectivity index (χ3v) is 9.15. The van der Waals surface area contributed by atoms with Gasteiger partial charge in [0.2, 0.25) is 5.91 Å². The molecule has 0 saturated heterocycles. The van der Waals surface area contributed by atoms with Crippen LogP contribution in [-0.4, -0.2) is 56.3 Å². The van der Waals surface area contributed by atoms with Gasteiger partial charge < -0.3 is 30.0 Å². The van der Waals surface area contributed by atoms with Crippen LogP contribution in [0.5, 0.6) is 17.2 Å². The minimum atomic E-state index is -0.894. The molecule has 3 aliphatic rings. The molecule has 1 amide bonds. The summed E-state index contributed by atoms with van der Waals surface area (Å²) in [5.41, 5.74) is 1.66. The number of Topliss-reactive ketones (excluding diaryl/α,β-unsaturated/α-hetero) is 1. The van der Waals surface area contributed by atoms with E-state index in [-0.39, 0.29) is 11.7 Å². The van der Waals surface area contributed by atoms with Crippen molar-refractivity contribution >= 4 is 11.7 Å². The highest BCUT2D eigenvalue weighted by molar-refractivity contribution is 5.96. The summed E-state index contributed by atoms with van der Waals surface area (Å²) in [6.07, 6.45) is 5.98. The number of fused-ring (bicyclic) bond motifs is 2. The van der Waals surface area contributed by atoms with Crippen LogP contribution in [-0.2, 0) is 4.79 Å². The standard InChI is InChI=1S/C33H44N2O6/c1-33(15-14-23-18-26(23)33)21-34-20-27(32(38)24-10-13-29-30(19-24)41-17-16-40-29)35-31(37)7-5-3-4-6-28(36)22-8-11-25(39-2)12-9-22/h8-13,19,23,26-27,32,34,38H,3-7,14-18,20-21H2,1-2H3,(H,35,37)/t23-,26-,27+,32?,33+/m0/s1. The zero-order valence-corrected chi connectivity index (χ0v) is 24.3. The molecule has 2 aromatic rings. The summed E-state index contributed by atoms with van der Waals surface area (Å²) in [6.45, 7) is 4.71. The normalized spacial score (nSPS) is 23.8. The second-order valence-corrected chi connectivity index (χ2v) is 12.2. The lowest BCUT2D eigenvalue weighted by atomic mass is 9.84. The molecule has 0 radical (unpaired) electrons. The van der Waals surface area contributed by atoms with E-state index in [1.54, 1.807) is 31.4 Å². The van der Waals surface area contributed by atoms with Crippen LogP contribution >= 0.6 is 0 Å². The zero-order valence-electron chi connectivity index (χ0n) is 24.3. The lowest BCUT2D eigenvalue weighted by Crippen LogP contribution is -2.47. The van der Waals surface area contributed by atoms with Crippen LogP contribution in [0.15, 0.2) is 42.5 Å². The van der Waals surface area contributed by atoms with Crippen LogP contribution in [0.25, 0.3) is 0 Å². The van der Waals surface area contributed by atoms with Crippen molar-refractivity contribution in [3.63, 3.8) is 0 Å². The summed E-state index contributed by atoms with van der Waals surface area (Å²) in [4.78, 5) is 25.4. The molecule has 5 atom stereocenters. The first kappa shape index (κ1) is 29.4. The van der Waals surface area contributed by atoms with Crippen LogP contribution < -0.4 is 24.8 Å². The Labute approximate surface area is 243 Å². The molecule has 5 rings (SSSR count). The van der Waals surface area contributed by atoms with Crippen molar-refractivity contribution in [1.29, 1.82) is 0 Å². The van der Waals surface area contributed by atoms with E-state index < -0.39 is 12.1 Å². The van der Waals surface area contributed by atoms with Gasteiger partial charge in [-0.3, -0.25) is 9.59 Å². The van der Waals surface area contributed by atoms with Gasteiger partial charge in [0, 0.05) is 31.5 Å². The molecule has 8 nitrogen and oxygen atoms in total. The van der Waals surface area contributed by atoms with Crippen LogP contribution in [0.2, 0.25) is 0 Å². The molecule has 0 aromatic heterocycles. The average Bonchev–Trinajstić information content (AvgIpc) is 3.73. The first-order valence-corrected chi connectivity index (χ1v) is 15.1. The molecule has 2 fully saturated rings. The first-order chi connectivity index (χ1) is 19.9. The van der Waals surface area contributed by atoms with E-state index in [9.17, 15) is 14.7 Å². The zero-order chi connectivity index (χ0) is 28.8. The van der Waals surface area contributed by atoms with Crippen molar-refractivity contribution in [1.82, 2.24) is 10.6 Å². The highest BCUT2D eigenvalue weighted by Gasteiger charge is 2.54. The molecule has 0 bridgehead atoms. The van der Waals surface area contributed by atoms with E-state index in [1.807, 2.05) is 18.2 Å². The second kappa shape index (κ2) is 13.3. The summed E-state index contributed by atoms with van der Waals surface area (Å²) >= 11 is 0. The molecular formula is C33H44N2O6. The summed E-state index contributed by atoms with van der Waals surface area (Å²) in [5, 5.41) is 18.0. The molecule has 222 valence electrons. The lowest BCUT2D eigenvalue weighted by molar-refractivity contribution is -0.122. The van der Waals surface area contributed by atoms with Crippen LogP contribution in [0.4, 0.5) is 0 Å². The second-order valence-electron chi connectivity index (χ2n) is 12.2. The molecular weight excluding hydrogens is 520 g/mol. The van der Waals surface area contributed by atoms with Crippen molar-refractivity contribution in [3.05, 3.63) is 53.6 Å². The highest BCUT2D eigenvalue weighted by Crippen LogP contribution is 2.61. The molecule has 2 saturated carbocycles. The minimum Gasteiger partial charge on any atom is -0.497 e. The SMILES string of the molecule is COc1ccc(C(=O)CCCCCC(=O)N[C@H](CNC[C@@]2(C)CC[C@H]3C[C@@H]32)C(O)c2ccc3c(c2)OCCO3)cc1. The minimum absolute atomic E-state index is 0.0933. The van der Waals surface area contributed by atoms with Crippen LogP contribution in [0, 0.1) is 17.3 Å². The molecule has 2 aromatic carbocycles. The third kappa shape index (κ3) is 7.41. The van der Waals surface area contributed by atoms with Crippen molar-refractivity contribution in [3.8, 4) is 17.2 Å². The van der Waals surface area contributed by atoms with Gasteiger partial charge >= 0.3 is 0 Å². The molecule has 1 heterocycles. The number of nitrogens with one attached hydrogen (secondary N) is 2. The number of methoxy groups -OCH3 is 1. The number of aliphatic hydroxyl groups excluding tert-OH is 1. The van der Waals surface area contributed by atoms with Crippen molar-refractivity contribution in [2.24, 2.45) is 17.3 Å². The Morgan fingerprint density at radius 2 is 1.80 bits per heavy atom. The maximum absolute atomic E-state index is 13.0. The molecule has 8 heteroatoms. The van der Waals surface area contributed by atoms with Gasteiger partial charge in [-0.1, -0.05) is 19.4 Å². The number of benzene rings is 2. The topological polar surface area (TPSA) is 106 Å². The van der Waals surface area contributed by atoms with Gasteiger partial charge in [0.15, 0.2) is 17.3 Å². The fourth-order valence-corrected chi connectivity index (χ4v) is 6.52. The van der Waals surface area contributed by atoms with Crippen molar-refractivity contribution < 1.29 is 28.9 Å². The van der Waals surface area contributed by atoms with E-state index in [1.165, 1.54) is 19.3 Å². The van der Waals surface area contributed by atoms with E-state index in [0.29, 0.717) is 67.1 Å². The van der Waals surface area contributed by atoms with E-state index in [4.69, 9.17) is 14.2 Å². The van der Waals surface area contributed by atoms with Gasteiger partial charge in [0.1, 0.15) is 25.1 Å². The summed E-state index contributed by atoms with van der Waals surface area (Å²) in [6, 6.07) is 12.1. The Hall–Kier alpha value is -3.10. The van der Waals surface area contributed by atoms with Gasteiger partial charge in [0.25, 0.3) is 0 Å². The molecule has 2 aliphatic carbocycles. The number of hydrogen-bond donors (Lipinski definition) is 3. The average molecular weight is 565 g/mol. The molecule has 41 heavy (non-hydrogen) atoms. The quantitative estimate of drug-likeness (QED) is 0.210. The number of unbranched alkanes of at least 4 members (excludes halogenated alkanes) is 2. The monoisotopic (exact) mass is 564 g/mol. The Morgan fingerprint density at radius 1 is 1.05 bits per heavy atom. The van der Waals surface area contributed by atoms with Crippen molar-refractivity contribution in [2.45, 2.75) is 70.4 Å². The Balaban J connectivity index is 1.11. The maximum atomic E-state index is 13.0. The number of ketones is 1.